The lowest BCUT2D eigenvalue weighted by molar-refractivity contribution is -0.130. The number of rotatable bonds is 13. The fraction of sp³-hybridized carbons (Fsp3) is 0.188. The van der Waals surface area contributed by atoms with Gasteiger partial charge in [0.15, 0.2) is 6.10 Å². The van der Waals surface area contributed by atoms with E-state index in [2.05, 4.69) is 27.2 Å². The summed E-state index contributed by atoms with van der Waals surface area (Å²) >= 11 is 0. The molecule has 4 N–H and O–H groups in total. The van der Waals surface area contributed by atoms with Gasteiger partial charge >= 0.3 is 6.09 Å². The topological polar surface area (TPSA) is 161 Å². The predicted octanol–water partition coefficient (Wildman–Crippen LogP) is 3.83. The van der Waals surface area contributed by atoms with Crippen LogP contribution in [0, 0.1) is 0 Å². The summed E-state index contributed by atoms with van der Waals surface area (Å²) in [7, 11) is 3.13. The van der Waals surface area contributed by atoms with Gasteiger partial charge in [0.1, 0.15) is 29.4 Å². The van der Waals surface area contributed by atoms with Crippen molar-refractivity contribution in [3.05, 3.63) is 125 Å². The molecule has 1 atom stereocenters. The van der Waals surface area contributed by atoms with Crippen molar-refractivity contribution in [2.75, 3.05) is 38.1 Å². The number of H-pyrrole nitrogens is 1. The third kappa shape index (κ3) is 7.30. The number of anilines is 2. The number of carbonyl (C=O) groups is 2. The van der Waals surface area contributed by atoms with Crippen LogP contribution < -0.4 is 25.7 Å². The molecule has 228 valence electrons. The maximum atomic E-state index is 13.0. The number of carbonyl (C=O) groups excluding carboxylic acids is 2. The Kier molecular flexibility index (Phi) is 10.5. The summed E-state index contributed by atoms with van der Waals surface area (Å²) in [6.45, 7) is 2.94. The Morgan fingerprint density at radius 3 is 2.02 bits per heavy atom. The second kappa shape index (κ2) is 14.6. The minimum absolute atomic E-state index is 0.0351. The largest absolute Gasteiger partial charge is 0.497 e. The third-order valence-corrected chi connectivity index (χ3v) is 6.54. The first-order chi connectivity index (χ1) is 21.3. The average molecular weight is 601 g/mol. The van der Waals surface area contributed by atoms with Crippen molar-refractivity contribution in [3.8, 4) is 11.5 Å². The first-order valence-electron chi connectivity index (χ1n) is 13.4. The number of nitrogens with zero attached hydrogens (tertiary/aromatic N) is 1. The van der Waals surface area contributed by atoms with Gasteiger partial charge in [-0.3, -0.25) is 19.9 Å². The quantitative estimate of drug-likeness (QED) is 0.132. The van der Waals surface area contributed by atoms with E-state index in [1.165, 1.54) is 6.08 Å². The SMILES string of the molecule is C=CCOC(=O)Nc1ncc(NC(=O)[C@H](O)COC(c2ccccc2)(c2ccc(OC)cc2)c2ccc(OC)cc2)c(=O)[nH]1. The van der Waals surface area contributed by atoms with Crippen LogP contribution in [0.2, 0.25) is 0 Å². The van der Waals surface area contributed by atoms with Crippen molar-refractivity contribution in [2.45, 2.75) is 11.7 Å². The number of aliphatic hydroxyl groups is 1. The van der Waals surface area contributed by atoms with E-state index < -0.39 is 35.9 Å². The summed E-state index contributed by atoms with van der Waals surface area (Å²) in [5.74, 6) is 0.171. The highest BCUT2D eigenvalue weighted by molar-refractivity contribution is 5.93. The molecule has 0 fully saturated rings. The lowest BCUT2D eigenvalue weighted by Crippen LogP contribution is -2.40. The molecule has 44 heavy (non-hydrogen) atoms. The number of hydrogen-bond acceptors (Lipinski definition) is 9. The number of nitrogens with one attached hydrogen (secondary N) is 3. The molecule has 1 heterocycles. The van der Waals surface area contributed by atoms with Gasteiger partial charge in [-0.2, -0.15) is 0 Å². The number of ether oxygens (including phenoxy) is 4. The van der Waals surface area contributed by atoms with Gasteiger partial charge in [0, 0.05) is 0 Å². The predicted molar refractivity (Wildman–Crippen MR) is 163 cm³/mol. The smallest absolute Gasteiger partial charge is 0.414 e. The molecule has 12 nitrogen and oxygen atoms in total. The van der Waals surface area contributed by atoms with Gasteiger partial charge in [-0.05, 0) is 41.0 Å². The summed E-state index contributed by atoms with van der Waals surface area (Å²) in [4.78, 5) is 43.4. The van der Waals surface area contributed by atoms with E-state index in [1.807, 2.05) is 54.6 Å². The van der Waals surface area contributed by atoms with Crippen LogP contribution in [0.5, 0.6) is 11.5 Å². The second-order valence-electron chi connectivity index (χ2n) is 9.31. The Labute approximate surface area is 253 Å². The summed E-state index contributed by atoms with van der Waals surface area (Å²) in [5.41, 5.74) is -0.143. The lowest BCUT2D eigenvalue weighted by Gasteiger charge is -2.36. The molecule has 0 saturated carbocycles. The van der Waals surface area contributed by atoms with Crippen molar-refractivity contribution in [1.82, 2.24) is 9.97 Å². The van der Waals surface area contributed by atoms with Gasteiger partial charge in [-0.15, -0.1) is 0 Å². The van der Waals surface area contributed by atoms with Crippen LogP contribution in [0.3, 0.4) is 0 Å². The van der Waals surface area contributed by atoms with Gasteiger partial charge in [-0.1, -0.05) is 67.3 Å². The van der Waals surface area contributed by atoms with Gasteiger partial charge in [0.2, 0.25) is 5.95 Å². The first-order valence-corrected chi connectivity index (χ1v) is 13.4. The molecule has 0 unspecified atom stereocenters. The highest BCUT2D eigenvalue weighted by atomic mass is 16.5. The number of aromatic amines is 1. The molecule has 0 aliphatic rings. The maximum absolute atomic E-state index is 13.0. The monoisotopic (exact) mass is 600 g/mol. The molecule has 2 amide bonds. The van der Waals surface area contributed by atoms with Crippen molar-refractivity contribution >= 4 is 23.6 Å². The summed E-state index contributed by atoms with van der Waals surface area (Å²) < 4.78 is 22.0. The average Bonchev–Trinajstić information content (AvgIpc) is 3.06. The molecule has 0 saturated heterocycles. The van der Waals surface area contributed by atoms with E-state index >= 15 is 0 Å². The zero-order valence-corrected chi connectivity index (χ0v) is 24.1. The Hall–Kier alpha value is -5.46. The summed E-state index contributed by atoms with van der Waals surface area (Å²) in [6, 6.07) is 23.9. The minimum Gasteiger partial charge on any atom is -0.497 e. The van der Waals surface area contributed by atoms with Crippen LogP contribution in [0.15, 0.2) is 103 Å². The highest BCUT2D eigenvalue weighted by Gasteiger charge is 2.39. The van der Waals surface area contributed by atoms with E-state index in [9.17, 15) is 19.5 Å². The van der Waals surface area contributed by atoms with E-state index in [0.29, 0.717) is 22.6 Å². The summed E-state index contributed by atoms with van der Waals surface area (Å²) in [6.07, 6.45) is -0.133. The molecule has 12 heteroatoms. The van der Waals surface area contributed by atoms with E-state index in [4.69, 9.17) is 18.9 Å². The molecule has 4 rings (SSSR count). The normalized spacial score (nSPS) is 11.6. The third-order valence-electron chi connectivity index (χ3n) is 6.54. The van der Waals surface area contributed by atoms with Gasteiger partial charge in [0.25, 0.3) is 11.5 Å². The molecule has 0 bridgehead atoms. The Morgan fingerprint density at radius 2 is 1.50 bits per heavy atom. The Morgan fingerprint density at radius 1 is 0.932 bits per heavy atom. The highest BCUT2D eigenvalue weighted by Crippen LogP contribution is 2.41. The van der Waals surface area contributed by atoms with Gasteiger partial charge in [0.05, 0.1) is 27.0 Å². The molecular formula is C32H32N4O8. The molecule has 1 aromatic heterocycles. The number of methoxy groups -OCH3 is 2. The maximum Gasteiger partial charge on any atom is 0.414 e. The molecule has 0 aliphatic carbocycles. The van der Waals surface area contributed by atoms with E-state index in [1.54, 1.807) is 38.5 Å². The van der Waals surface area contributed by atoms with Crippen LogP contribution >= 0.6 is 0 Å². The van der Waals surface area contributed by atoms with Crippen molar-refractivity contribution in [2.24, 2.45) is 0 Å². The van der Waals surface area contributed by atoms with Crippen molar-refractivity contribution in [1.29, 1.82) is 0 Å². The van der Waals surface area contributed by atoms with Crippen molar-refractivity contribution in [3.63, 3.8) is 0 Å². The second-order valence-corrected chi connectivity index (χ2v) is 9.31. The number of aliphatic hydroxyl groups excluding tert-OH is 1. The zero-order valence-electron chi connectivity index (χ0n) is 24.1. The van der Waals surface area contributed by atoms with Gasteiger partial charge in [-0.25, -0.2) is 9.78 Å². The number of benzene rings is 3. The molecule has 4 aromatic rings. The van der Waals surface area contributed by atoms with E-state index in [0.717, 1.165) is 11.8 Å². The Bertz CT molecular complexity index is 1580. The Balaban J connectivity index is 1.60. The van der Waals surface area contributed by atoms with Crippen molar-refractivity contribution < 1.29 is 33.6 Å². The zero-order chi connectivity index (χ0) is 31.5. The van der Waals surface area contributed by atoms with E-state index in [-0.39, 0.29) is 18.2 Å². The number of aromatic nitrogens is 2. The fourth-order valence-corrected chi connectivity index (χ4v) is 4.38. The summed E-state index contributed by atoms with van der Waals surface area (Å²) in [5, 5.41) is 15.5. The minimum atomic E-state index is -1.69. The molecule has 0 radical (unpaired) electrons. The lowest BCUT2D eigenvalue weighted by atomic mass is 9.80. The van der Waals surface area contributed by atoms with Crippen LogP contribution in [-0.4, -0.2) is 60.6 Å². The number of amides is 2. The molecule has 0 spiro atoms. The van der Waals surface area contributed by atoms with Crippen LogP contribution in [0.25, 0.3) is 0 Å². The standard InChI is InChI=1S/C32H32N4O8/c1-4-18-43-31(40)36-30-33-19-26(28(38)35-30)34-29(39)27(37)20-44-32(21-8-6-5-7-9-21,22-10-14-24(41-2)15-11-22)23-12-16-25(42-3)17-13-23/h4-17,19,27,37H,1,18,20H2,2-3H3,(H,34,39)(H2,33,35,36,38,40)/t27-/m1/s1. The molecular weight excluding hydrogens is 568 g/mol. The van der Waals surface area contributed by atoms with Gasteiger partial charge < -0.3 is 29.4 Å². The molecule has 3 aromatic carbocycles. The fourth-order valence-electron chi connectivity index (χ4n) is 4.38. The van der Waals surface area contributed by atoms with Crippen LogP contribution in [-0.2, 0) is 19.9 Å². The first kappa shape index (κ1) is 31.5. The molecule has 0 aliphatic heterocycles. The van der Waals surface area contributed by atoms with Crippen LogP contribution in [0.1, 0.15) is 16.7 Å². The number of hydrogen-bond donors (Lipinski definition) is 4. The van der Waals surface area contributed by atoms with Crippen LogP contribution in [0.4, 0.5) is 16.4 Å².